The molecule has 1 aliphatic heterocycles. The van der Waals surface area contributed by atoms with Crippen molar-refractivity contribution in [3.63, 3.8) is 0 Å². The van der Waals surface area contributed by atoms with E-state index in [2.05, 4.69) is 23.5 Å². The van der Waals surface area contributed by atoms with Gasteiger partial charge in [-0.25, -0.2) is 0 Å². The van der Waals surface area contributed by atoms with Gasteiger partial charge < -0.3 is 14.8 Å². The molecule has 0 aromatic heterocycles. The van der Waals surface area contributed by atoms with Crippen LogP contribution >= 0.6 is 0 Å². The standard InChI is InChI=1S/C21H24N2O2/c1-24-20-5-3-2-4-19(20)21(10-12-25-13-11-21)16-23-15-18-8-6-17(14-22)7-9-18/h2-9,23H,10-13,15-16H2,1H3. The maximum Gasteiger partial charge on any atom is 0.122 e. The van der Waals surface area contributed by atoms with E-state index in [1.54, 1.807) is 7.11 Å². The first-order valence-electron chi connectivity index (χ1n) is 8.68. The van der Waals surface area contributed by atoms with Gasteiger partial charge in [0.1, 0.15) is 5.75 Å². The van der Waals surface area contributed by atoms with Crippen LogP contribution in [0.25, 0.3) is 0 Å². The van der Waals surface area contributed by atoms with Gasteiger partial charge in [0.25, 0.3) is 0 Å². The molecule has 1 fully saturated rings. The molecule has 2 aromatic carbocycles. The summed E-state index contributed by atoms with van der Waals surface area (Å²) in [6, 6.07) is 18.2. The zero-order valence-corrected chi connectivity index (χ0v) is 14.6. The van der Waals surface area contributed by atoms with E-state index in [-0.39, 0.29) is 5.41 Å². The van der Waals surface area contributed by atoms with Gasteiger partial charge in [-0.2, -0.15) is 5.26 Å². The monoisotopic (exact) mass is 336 g/mol. The summed E-state index contributed by atoms with van der Waals surface area (Å²) in [5.74, 6) is 0.949. The van der Waals surface area contributed by atoms with Gasteiger partial charge in [-0.1, -0.05) is 30.3 Å². The molecule has 0 radical (unpaired) electrons. The number of benzene rings is 2. The Labute approximate surface area is 149 Å². The third-order valence-corrected chi connectivity index (χ3v) is 5.00. The summed E-state index contributed by atoms with van der Waals surface area (Å²) in [7, 11) is 1.73. The molecule has 1 aliphatic rings. The number of methoxy groups -OCH3 is 1. The second kappa shape index (κ2) is 8.15. The van der Waals surface area contributed by atoms with Crippen molar-refractivity contribution >= 4 is 0 Å². The topological polar surface area (TPSA) is 54.3 Å². The van der Waals surface area contributed by atoms with Crippen molar-refractivity contribution < 1.29 is 9.47 Å². The highest BCUT2D eigenvalue weighted by molar-refractivity contribution is 5.40. The fourth-order valence-electron chi connectivity index (χ4n) is 3.53. The largest absolute Gasteiger partial charge is 0.496 e. The van der Waals surface area contributed by atoms with Crippen LogP contribution in [0.3, 0.4) is 0 Å². The van der Waals surface area contributed by atoms with Crippen molar-refractivity contribution in [2.45, 2.75) is 24.8 Å². The zero-order valence-electron chi connectivity index (χ0n) is 14.6. The molecular formula is C21H24N2O2. The minimum absolute atomic E-state index is 0.0252. The predicted molar refractivity (Wildman–Crippen MR) is 97.6 cm³/mol. The molecule has 0 bridgehead atoms. The Hall–Kier alpha value is -2.35. The lowest BCUT2D eigenvalue weighted by Crippen LogP contribution is -2.42. The van der Waals surface area contributed by atoms with E-state index in [0.29, 0.717) is 5.56 Å². The third-order valence-electron chi connectivity index (χ3n) is 5.00. The van der Waals surface area contributed by atoms with Gasteiger partial charge in [0.15, 0.2) is 0 Å². The Balaban J connectivity index is 1.73. The fourth-order valence-corrected chi connectivity index (χ4v) is 3.53. The summed E-state index contributed by atoms with van der Waals surface area (Å²) in [5, 5.41) is 12.5. The number of nitrogens with zero attached hydrogens (tertiary/aromatic N) is 1. The van der Waals surface area contributed by atoms with Crippen LogP contribution in [0.2, 0.25) is 0 Å². The van der Waals surface area contributed by atoms with E-state index in [1.807, 2.05) is 36.4 Å². The average molecular weight is 336 g/mol. The lowest BCUT2D eigenvalue weighted by Gasteiger charge is -2.38. The number of hydrogen-bond acceptors (Lipinski definition) is 4. The average Bonchev–Trinajstić information content (AvgIpc) is 2.69. The summed E-state index contributed by atoms with van der Waals surface area (Å²) in [5.41, 5.74) is 3.16. The Bertz CT molecular complexity index is 728. The van der Waals surface area contributed by atoms with Crippen LogP contribution < -0.4 is 10.1 Å². The van der Waals surface area contributed by atoms with Gasteiger partial charge in [0.2, 0.25) is 0 Å². The Kier molecular flexibility index (Phi) is 5.70. The van der Waals surface area contributed by atoms with Crippen LogP contribution in [-0.4, -0.2) is 26.9 Å². The molecule has 0 aliphatic carbocycles. The van der Waals surface area contributed by atoms with Crippen LogP contribution in [0.4, 0.5) is 0 Å². The van der Waals surface area contributed by atoms with Crippen molar-refractivity contribution in [2.24, 2.45) is 0 Å². The maximum atomic E-state index is 8.89. The zero-order chi connectivity index (χ0) is 17.5. The highest BCUT2D eigenvalue weighted by atomic mass is 16.5. The van der Waals surface area contributed by atoms with E-state index in [0.717, 1.165) is 44.9 Å². The molecule has 3 rings (SSSR count). The molecule has 25 heavy (non-hydrogen) atoms. The minimum atomic E-state index is 0.0252. The van der Waals surface area contributed by atoms with Gasteiger partial charge in [-0.15, -0.1) is 0 Å². The van der Waals surface area contributed by atoms with Gasteiger partial charge in [-0.05, 0) is 36.6 Å². The van der Waals surface area contributed by atoms with Crippen LogP contribution in [-0.2, 0) is 16.7 Å². The molecule has 4 nitrogen and oxygen atoms in total. The van der Waals surface area contributed by atoms with E-state index in [9.17, 15) is 0 Å². The van der Waals surface area contributed by atoms with Crippen LogP contribution in [0, 0.1) is 11.3 Å². The predicted octanol–water partition coefficient (Wildman–Crippen LogP) is 3.40. The quantitative estimate of drug-likeness (QED) is 0.878. The first kappa shape index (κ1) is 17.5. The first-order valence-corrected chi connectivity index (χ1v) is 8.68. The summed E-state index contributed by atoms with van der Waals surface area (Å²) < 4.78 is 11.2. The SMILES string of the molecule is COc1ccccc1C1(CNCc2ccc(C#N)cc2)CCOCC1. The van der Waals surface area contributed by atoms with Gasteiger partial charge in [-0.3, -0.25) is 0 Å². The van der Waals surface area contributed by atoms with Crippen LogP contribution in [0.1, 0.15) is 29.5 Å². The van der Waals surface area contributed by atoms with E-state index >= 15 is 0 Å². The lowest BCUT2D eigenvalue weighted by molar-refractivity contribution is 0.0489. The number of hydrogen-bond donors (Lipinski definition) is 1. The molecule has 1 saturated heterocycles. The second-order valence-electron chi connectivity index (χ2n) is 6.51. The van der Waals surface area contributed by atoms with Crippen molar-refractivity contribution in [3.05, 3.63) is 65.2 Å². The molecule has 0 atom stereocenters. The van der Waals surface area contributed by atoms with Crippen LogP contribution in [0.15, 0.2) is 48.5 Å². The summed E-state index contributed by atoms with van der Waals surface area (Å²) in [6.07, 6.45) is 1.96. The smallest absolute Gasteiger partial charge is 0.122 e. The Morgan fingerprint density at radius 2 is 1.84 bits per heavy atom. The number of para-hydroxylation sites is 1. The second-order valence-corrected chi connectivity index (χ2v) is 6.51. The lowest BCUT2D eigenvalue weighted by atomic mass is 9.73. The number of nitrogens with one attached hydrogen (secondary N) is 1. The fraction of sp³-hybridized carbons (Fsp3) is 0.381. The normalized spacial score (nSPS) is 16.2. The molecule has 1 heterocycles. The molecule has 1 N–H and O–H groups in total. The molecular weight excluding hydrogens is 312 g/mol. The molecule has 0 spiro atoms. The van der Waals surface area contributed by atoms with Gasteiger partial charge in [0, 0.05) is 37.3 Å². The highest BCUT2D eigenvalue weighted by Crippen LogP contribution is 2.39. The number of rotatable bonds is 6. The van der Waals surface area contributed by atoms with Gasteiger partial charge in [0.05, 0.1) is 18.7 Å². The van der Waals surface area contributed by atoms with Crippen molar-refractivity contribution in [2.75, 3.05) is 26.9 Å². The van der Waals surface area contributed by atoms with Crippen molar-refractivity contribution in [1.82, 2.24) is 5.32 Å². The minimum Gasteiger partial charge on any atom is -0.496 e. The number of ether oxygens (including phenoxy) is 2. The summed E-state index contributed by atoms with van der Waals surface area (Å²) >= 11 is 0. The molecule has 0 unspecified atom stereocenters. The molecule has 0 saturated carbocycles. The highest BCUT2D eigenvalue weighted by Gasteiger charge is 2.36. The third kappa shape index (κ3) is 4.01. The molecule has 130 valence electrons. The first-order chi connectivity index (χ1) is 12.3. The van der Waals surface area contributed by atoms with E-state index < -0.39 is 0 Å². The summed E-state index contributed by atoms with van der Waals surface area (Å²) in [4.78, 5) is 0. The van der Waals surface area contributed by atoms with E-state index in [4.69, 9.17) is 14.7 Å². The van der Waals surface area contributed by atoms with E-state index in [1.165, 1.54) is 11.1 Å². The number of nitriles is 1. The van der Waals surface area contributed by atoms with Crippen LogP contribution in [0.5, 0.6) is 5.75 Å². The molecule has 4 heteroatoms. The molecule has 2 aromatic rings. The Morgan fingerprint density at radius 3 is 2.52 bits per heavy atom. The molecule has 0 amide bonds. The van der Waals surface area contributed by atoms with Crippen molar-refractivity contribution in [1.29, 1.82) is 5.26 Å². The van der Waals surface area contributed by atoms with Crippen molar-refractivity contribution in [3.8, 4) is 11.8 Å². The maximum absolute atomic E-state index is 8.89. The van der Waals surface area contributed by atoms with Gasteiger partial charge >= 0.3 is 0 Å². The Morgan fingerprint density at radius 1 is 1.12 bits per heavy atom. The summed E-state index contributed by atoms with van der Waals surface area (Å²) in [6.45, 7) is 3.20.